The first-order valence-corrected chi connectivity index (χ1v) is 11.6. The van der Waals surface area contributed by atoms with Crippen molar-refractivity contribution in [3.05, 3.63) is 111 Å². The van der Waals surface area contributed by atoms with Gasteiger partial charge in [0.05, 0.1) is 22.4 Å². The largest absolute Gasteiger partial charge is 0.313 e. The van der Waals surface area contributed by atoms with Crippen LogP contribution in [0, 0.1) is 12.7 Å². The number of halogens is 2. The number of hydrogen-bond donors (Lipinski definition) is 1. The van der Waals surface area contributed by atoms with Crippen LogP contribution in [0.5, 0.6) is 0 Å². The fourth-order valence-electron chi connectivity index (χ4n) is 3.90. The Bertz CT molecular complexity index is 1600. The fourth-order valence-corrected chi connectivity index (χ4v) is 5.31. The molecule has 3 aromatic heterocycles. The number of hydrazone groups is 1. The van der Waals surface area contributed by atoms with Gasteiger partial charge in [-0.3, -0.25) is 9.59 Å². The molecule has 5 aromatic rings. The number of amides is 1. The molecule has 0 fully saturated rings. The first kappa shape index (κ1) is 22.0. The summed E-state index contributed by atoms with van der Waals surface area (Å²) in [5.74, 6) is -1.05. The second-order valence-corrected chi connectivity index (χ2v) is 9.05. The Labute approximate surface area is 203 Å². The average molecular weight is 490 g/mol. The van der Waals surface area contributed by atoms with E-state index in [4.69, 9.17) is 11.6 Å². The third kappa shape index (κ3) is 3.79. The van der Waals surface area contributed by atoms with Gasteiger partial charge in [0.1, 0.15) is 10.7 Å². The molecule has 0 atom stereocenters. The standard InChI is InChI=1S/C26H17ClFN3O2S/c1-15-19(14-29-30-26(33)25-22(27)18-6-2-3-8-21(18)34-25)20-7-4-5-13-31(20)23(15)24(32)16-9-11-17(28)12-10-16/h2-14H,1H3,(H,30,33)/b29-14+. The van der Waals surface area contributed by atoms with Crippen LogP contribution in [-0.4, -0.2) is 22.3 Å². The van der Waals surface area contributed by atoms with E-state index in [2.05, 4.69) is 10.5 Å². The fraction of sp³-hybridized carbons (Fsp3) is 0.0385. The molecule has 0 saturated carbocycles. The van der Waals surface area contributed by atoms with Gasteiger partial charge in [0.2, 0.25) is 5.78 Å². The lowest BCUT2D eigenvalue weighted by Crippen LogP contribution is -2.16. The highest BCUT2D eigenvalue weighted by Crippen LogP contribution is 2.35. The van der Waals surface area contributed by atoms with Crippen molar-refractivity contribution < 1.29 is 14.0 Å². The van der Waals surface area contributed by atoms with Crippen molar-refractivity contribution >= 4 is 56.4 Å². The van der Waals surface area contributed by atoms with E-state index in [1.165, 1.54) is 41.8 Å². The summed E-state index contributed by atoms with van der Waals surface area (Å²) in [7, 11) is 0. The monoisotopic (exact) mass is 489 g/mol. The Morgan fingerprint density at radius 3 is 2.56 bits per heavy atom. The predicted octanol–water partition coefficient (Wildman–Crippen LogP) is 6.25. The minimum absolute atomic E-state index is 0.237. The minimum atomic E-state index is -0.411. The van der Waals surface area contributed by atoms with Gasteiger partial charge in [-0.05, 0) is 55.0 Å². The number of ketones is 1. The molecule has 0 unspecified atom stereocenters. The molecular formula is C26H17ClFN3O2S. The number of aromatic nitrogens is 1. The lowest BCUT2D eigenvalue weighted by molar-refractivity contribution is 0.0958. The van der Waals surface area contributed by atoms with Crippen molar-refractivity contribution in [2.75, 3.05) is 0 Å². The molecule has 0 aliphatic heterocycles. The summed E-state index contributed by atoms with van der Waals surface area (Å²) in [5.41, 5.74) is 5.50. The highest BCUT2D eigenvalue weighted by atomic mass is 35.5. The van der Waals surface area contributed by atoms with Crippen LogP contribution in [0.1, 0.15) is 36.9 Å². The van der Waals surface area contributed by atoms with Gasteiger partial charge < -0.3 is 4.40 Å². The summed E-state index contributed by atoms with van der Waals surface area (Å²) in [6, 6.07) is 18.5. The lowest BCUT2D eigenvalue weighted by Gasteiger charge is -2.04. The molecular weight excluding hydrogens is 473 g/mol. The second kappa shape index (κ2) is 8.85. The number of carbonyl (C=O) groups is 2. The van der Waals surface area contributed by atoms with Gasteiger partial charge >= 0.3 is 0 Å². The van der Waals surface area contributed by atoms with E-state index < -0.39 is 11.7 Å². The number of nitrogens with zero attached hydrogens (tertiary/aromatic N) is 2. The minimum Gasteiger partial charge on any atom is -0.313 e. The van der Waals surface area contributed by atoms with Crippen molar-refractivity contribution in [3.63, 3.8) is 0 Å². The molecule has 0 bridgehead atoms. The van der Waals surface area contributed by atoms with E-state index >= 15 is 0 Å². The van der Waals surface area contributed by atoms with Crippen LogP contribution < -0.4 is 5.43 Å². The normalized spacial score (nSPS) is 11.5. The summed E-state index contributed by atoms with van der Waals surface area (Å²) in [4.78, 5) is 26.3. The Hall–Kier alpha value is -3.81. The van der Waals surface area contributed by atoms with Crippen LogP contribution in [0.3, 0.4) is 0 Å². The van der Waals surface area contributed by atoms with Gasteiger partial charge in [-0.2, -0.15) is 5.10 Å². The topological polar surface area (TPSA) is 62.9 Å². The van der Waals surface area contributed by atoms with E-state index in [9.17, 15) is 14.0 Å². The summed E-state index contributed by atoms with van der Waals surface area (Å²) in [6.45, 7) is 1.82. The summed E-state index contributed by atoms with van der Waals surface area (Å²) in [6.07, 6.45) is 3.30. The highest BCUT2D eigenvalue weighted by molar-refractivity contribution is 7.21. The Balaban J connectivity index is 1.47. The van der Waals surface area contributed by atoms with Crippen molar-refractivity contribution in [2.24, 2.45) is 5.10 Å². The van der Waals surface area contributed by atoms with Gasteiger partial charge in [-0.25, -0.2) is 9.82 Å². The molecule has 3 heterocycles. The van der Waals surface area contributed by atoms with Crippen LogP contribution in [0.2, 0.25) is 5.02 Å². The van der Waals surface area contributed by atoms with Crippen molar-refractivity contribution in [1.82, 2.24) is 9.83 Å². The van der Waals surface area contributed by atoms with Crippen LogP contribution in [0.4, 0.5) is 4.39 Å². The number of carbonyl (C=O) groups excluding carboxylic acids is 2. The number of hydrogen-bond acceptors (Lipinski definition) is 4. The van der Waals surface area contributed by atoms with E-state index in [1.807, 2.05) is 49.4 Å². The van der Waals surface area contributed by atoms with Crippen LogP contribution >= 0.6 is 22.9 Å². The zero-order valence-corrected chi connectivity index (χ0v) is 19.5. The van der Waals surface area contributed by atoms with Crippen molar-refractivity contribution in [1.29, 1.82) is 0 Å². The zero-order valence-electron chi connectivity index (χ0n) is 17.9. The van der Waals surface area contributed by atoms with Gasteiger partial charge in [0, 0.05) is 27.4 Å². The first-order chi connectivity index (χ1) is 16.5. The van der Waals surface area contributed by atoms with Crippen LogP contribution in [0.25, 0.3) is 15.6 Å². The third-order valence-corrected chi connectivity index (χ3v) is 7.23. The molecule has 34 heavy (non-hydrogen) atoms. The molecule has 0 aliphatic rings. The average Bonchev–Trinajstić information content (AvgIpc) is 3.33. The number of thiophene rings is 1. The maximum absolute atomic E-state index is 13.3. The maximum atomic E-state index is 13.3. The predicted molar refractivity (Wildman–Crippen MR) is 134 cm³/mol. The number of pyridine rings is 1. The molecule has 8 heteroatoms. The molecule has 1 N–H and O–H groups in total. The molecule has 1 amide bonds. The lowest BCUT2D eigenvalue weighted by atomic mass is 10.0. The molecule has 0 spiro atoms. The SMILES string of the molecule is Cc1c(/C=N/NC(=O)c2sc3ccccc3c2Cl)c2ccccn2c1C(=O)c1ccc(F)cc1. The van der Waals surface area contributed by atoms with Gasteiger partial charge in [-0.1, -0.05) is 35.9 Å². The summed E-state index contributed by atoms with van der Waals surface area (Å²) < 4.78 is 16.0. The molecule has 0 saturated heterocycles. The molecule has 0 aliphatic carbocycles. The van der Waals surface area contributed by atoms with E-state index in [-0.39, 0.29) is 5.78 Å². The quantitative estimate of drug-likeness (QED) is 0.180. The second-order valence-electron chi connectivity index (χ2n) is 7.62. The summed E-state index contributed by atoms with van der Waals surface area (Å²) >= 11 is 7.69. The summed E-state index contributed by atoms with van der Waals surface area (Å²) in [5, 5.41) is 5.36. The Kier molecular flexibility index (Phi) is 5.73. The maximum Gasteiger partial charge on any atom is 0.283 e. The zero-order chi connectivity index (χ0) is 23.8. The van der Waals surface area contributed by atoms with Crippen molar-refractivity contribution in [2.45, 2.75) is 6.92 Å². The van der Waals surface area contributed by atoms with Crippen LogP contribution in [-0.2, 0) is 0 Å². The smallest absolute Gasteiger partial charge is 0.283 e. The number of fused-ring (bicyclic) bond motifs is 2. The molecule has 2 aromatic carbocycles. The first-order valence-electron chi connectivity index (χ1n) is 10.4. The molecule has 0 radical (unpaired) electrons. The third-order valence-electron chi connectivity index (χ3n) is 5.56. The Morgan fingerprint density at radius 1 is 1.06 bits per heavy atom. The van der Waals surface area contributed by atoms with E-state index in [0.717, 1.165) is 15.6 Å². The molecule has 168 valence electrons. The van der Waals surface area contributed by atoms with Crippen molar-refractivity contribution in [3.8, 4) is 0 Å². The Morgan fingerprint density at radius 2 is 1.79 bits per heavy atom. The van der Waals surface area contributed by atoms with E-state index in [0.29, 0.717) is 32.3 Å². The number of benzene rings is 2. The highest BCUT2D eigenvalue weighted by Gasteiger charge is 2.21. The number of nitrogens with one attached hydrogen (secondary N) is 1. The van der Waals surface area contributed by atoms with Crippen LogP contribution in [0.15, 0.2) is 78.0 Å². The van der Waals surface area contributed by atoms with Gasteiger partial charge in [0.15, 0.2) is 0 Å². The van der Waals surface area contributed by atoms with E-state index in [1.54, 1.807) is 10.6 Å². The molecule has 5 rings (SSSR count). The molecule has 5 nitrogen and oxygen atoms in total. The number of rotatable bonds is 5. The van der Waals surface area contributed by atoms with Gasteiger partial charge in [-0.15, -0.1) is 11.3 Å². The van der Waals surface area contributed by atoms with Gasteiger partial charge in [0.25, 0.3) is 5.91 Å².